The first-order valence-electron chi connectivity index (χ1n) is 7.89. The topological polar surface area (TPSA) is 53.7 Å². The van der Waals surface area contributed by atoms with Crippen molar-refractivity contribution in [1.29, 1.82) is 0 Å². The third-order valence-electron chi connectivity index (χ3n) is 4.22. The van der Waals surface area contributed by atoms with Crippen LogP contribution >= 0.6 is 0 Å². The molecule has 0 saturated carbocycles. The Morgan fingerprint density at radius 3 is 2.70 bits per heavy atom. The summed E-state index contributed by atoms with van der Waals surface area (Å²) < 4.78 is 17.2. The minimum absolute atomic E-state index is 0.159. The number of methoxy groups -OCH3 is 2. The van der Waals surface area contributed by atoms with Gasteiger partial charge in [0.05, 0.1) is 14.2 Å². The van der Waals surface area contributed by atoms with E-state index in [0.717, 1.165) is 41.2 Å². The third-order valence-corrected chi connectivity index (χ3v) is 4.22. The van der Waals surface area contributed by atoms with Crippen LogP contribution in [0.25, 0.3) is 11.1 Å². The Hall–Kier alpha value is -2.20. The van der Waals surface area contributed by atoms with Crippen LogP contribution < -0.4 is 19.9 Å². The van der Waals surface area contributed by atoms with Gasteiger partial charge < -0.3 is 19.9 Å². The molecule has 23 heavy (non-hydrogen) atoms. The highest BCUT2D eigenvalue weighted by Crippen LogP contribution is 2.46. The SMILES string of the molecule is COc1cccc(-c2cc(C)cc3c2OC(CCN)C3)c1OC. The lowest BCUT2D eigenvalue weighted by Crippen LogP contribution is -2.17. The average molecular weight is 313 g/mol. The maximum Gasteiger partial charge on any atom is 0.168 e. The monoisotopic (exact) mass is 313 g/mol. The lowest BCUT2D eigenvalue weighted by atomic mass is 9.96. The molecule has 4 nitrogen and oxygen atoms in total. The van der Waals surface area contributed by atoms with Gasteiger partial charge in [-0.05, 0) is 43.1 Å². The van der Waals surface area contributed by atoms with E-state index in [1.54, 1.807) is 14.2 Å². The average Bonchev–Trinajstić information content (AvgIpc) is 2.95. The number of nitrogens with two attached hydrogens (primary N) is 1. The van der Waals surface area contributed by atoms with Gasteiger partial charge in [-0.25, -0.2) is 0 Å². The summed E-state index contributed by atoms with van der Waals surface area (Å²) >= 11 is 0. The lowest BCUT2D eigenvalue weighted by molar-refractivity contribution is 0.225. The number of hydrogen-bond donors (Lipinski definition) is 1. The lowest BCUT2D eigenvalue weighted by Gasteiger charge is -2.16. The van der Waals surface area contributed by atoms with E-state index >= 15 is 0 Å². The highest BCUT2D eigenvalue weighted by molar-refractivity contribution is 5.80. The Morgan fingerprint density at radius 1 is 1.17 bits per heavy atom. The van der Waals surface area contributed by atoms with E-state index in [0.29, 0.717) is 6.54 Å². The van der Waals surface area contributed by atoms with Crippen LogP contribution in [-0.4, -0.2) is 26.9 Å². The molecular formula is C19H23NO3. The van der Waals surface area contributed by atoms with E-state index in [1.165, 1.54) is 11.1 Å². The molecule has 1 aliphatic heterocycles. The van der Waals surface area contributed by atoms with Crippen LogP contribution in [0.2, 0.25) is 0 Å². The largest absolute Gasteiger partial charge is 0.493 e. The Labute approximate surface area is 137 Å². The number of hydrogen-bond acceptors (Lipinski definition) is 4. The van der Waals surface area contributed by atoms with Gasteiger partial charge in [0.25, 0.3) is 0 Å². The molecule has 0 saturated heterocycles. The molecule has 1 atom stereocenters. The van der Waals surface area contributed by atoms with Crippen LogP contribution in [0.1, 0.15) is 17.5 Å². The van der Waals surface area contributed by atoms with E-state index in [1.807, 2.05) is 18.2 Å². The summed E-state index contributed by atoms with van der Waals surface area (Å²) in [5.41, 5.74) is 10.2. The van der Waals surface area contributed by atoms with Crippen LogP contribution in [-0.2, 0) is 6.42 Å². The van der Waals surface area contributed by atoms with Gasteiger partial charge in [-0.1, -0.05) is 18.2 Å². The predicted molar refractivity (Wildman–Crippen MR) is 91.5 cm³/mol. The summed E-state index contributed by atoms with van der Waals surface area (Å²) in [6, 6.07) is 10.2. The van der Waals surface area contributed by atoms with Crippen molar-refractivity contribution in [2.24, 2.45) is 5.73 Å². The standard InChI is InChI=1S/C19H23NO3/c1-12-9-13-11-14(7-8-20)23-18(13)16(10-12)15-5-4-6-17(21-2)19(15)22-3/h4-6,9-10,14H,7-8,11,20H2,1-3H3. The Kier molecular flexibility index (Phi) is 4.44. The molecule has 3 rings (SSSR count). The van der Waals surface area contributed by atoms with Crippen LogP contribution in [0.3, 0.4) is 0 Å². The number of ether oxygens (including phenoxy) is 3. The molecule has 0 amide bonds. The zero-order chi connectivity index (χ0) is 16.4. The number of para-hydroxylation sites is 1. The van der Waals surface area contributed by atoms with Crippen molar-refractivity contribution in [2.45, 2.75) is 25.9 Å². The van der Waals surface area contributed by atoms with Crippen molar-refractivity contribution in [3.8, 4) is 28.4 Å². The van der Waals surface area contributed by atoms with Crippen LogP contribution in [0, 0.1) is 6.92 Å². The van der Waals surface area contributed by atoms with Gasteiger partial charge in [0, 0.05) is 17.5 Å². The molecular weight excluding hydrogens is 290 g/mol. The zero-order valence-electron chi connectivity index (χ0n) is 13.9. The van der Waals surface area contributed by atoms with Gasteiger partial charge in [0.1, 0.15) is 11.9 Å². The highest BCUT2D eigenvalue weighted by Gasteiger charge is 2.27. The summed E-state index contributed by atoms with van der Waals surface area (Å²) in [6.45, 7) is 2.74. The van der Waals surface area contributed by atoms with Crippen LogP contribution in [0.15, 0.2) is 30.3 Å². The molecule has 0 fully saturated rings. The molecule has 1 heterocycles. The van der Waals surface area contributed by atoms with Crippen molar-refractivity contribution in [2.75, 3.05) is 20.8 Å². The van der Waals surface area contributed by atoms with Crippen molar-refractivity contribution in [3.05, 3.63) is 41.5 Å². The first kappa shape index (κ1) is 15.7. The molecule has 0 spiro atoms. The Balaban J connectivity index is 2.13. The quantitative estimate of drug-likeness (QED) is 0.920. The van der Waals surface area contributed by atoms with E-state index < -0.39 is 0 Å². The van der Waals surface area contributed by atoms with Gasteiger partial charge in [-0.3, -0.25) is 0 Å². The molecule has 2 aromatic carbocycles. The van der Waals surface area contributed by atoms with E-state index in [-0.39, 0.29) is 6.10 Å². The highest BCUT2D eigenvalue weighted by atomic mass is 16.5. The second-order valence-electron chi connectivity index (χ2n) is 5.86. The van der Waals surface area contributed by atoms with Crippen molar-refractivity contribution in [3.63, 3.8) is 0 Å². The summed E-state index contributed by atoms with van der Waals surface area (Å²) in [5.74, 6) is 2.39. The fraction of sp³-hybridized carbons (Fsp3) is 0.368. The van der Waals surface area contributed by atoms with Gasteiger partial charge in [-0.15, -0.1) is 0 Å². The second-order valence-corrected chi connectivity index (χ2v) is 5.86. The molecule has 0 radical (unpaired) electrons. The molecule has 0 aromatic heterocycles. The summed E-state index contributed by atoms with van der Waals surface area (Å²) in [4.78, 5) is 0. The predicted octanol–water partition coefficient (Wildman–Crippen LogP) is 3.33. The molecule has 2 aromatic rings. The molecule has 122 valence electrons. The number of aryl methyl sites for hydroxylation is 1. The van der Waals surface area contributed by atoms with Crippen molar-refractivity contribution in [1.82, 2.24) is 0 Å². The molecule has 2 N–H and O–H groups in total. The molecule has 1 aliphatic rings. The zero-order valence-corrected chi connectivity index (χ0v) is 13.9. The van der Waals surface area contributed by atoms with Crippen molar-refractivity contribution < 1.29 is 14.2 Å². The summed E-state index contributed by atoms with van der Waals surface area (Å²) in [7, 11) is 3.31. The van der Waals surface area contributed by atoms with E-state index in [2.05, 4.69) is 19.1 Å². The van der Waals surface area contributed by atoms with Crippen LogP contribution in [0.4, 0.5) is 0 Å². The fourth-order valence-electron chi connectivity index (χ4n) is 3.24. The van der Waals surface area contributed by atoms with Gasteiger partial charge in [-0.2, -0.15) is 0 Å². The smallest absolute Gasteiger partial charge is 0.168 e. The normalized spacial score (nSPS) is 15.9. The molecule has 4 heteroatoms. The molecule has 1 unspecified atom stereocenters. The van der Waals surface area contributed by atoms with E-state index in [4.69, 9.17) is 19.9 Å². The maximum absolute atomic E-state index is 6.18. The molecule has 0 aliphatic carbocycles. The summed E-state index contributed by atoms with van der Waals surface area (Å²) in [5, 5.41) is 0. The van der Waals surface area contributed by atoms with Gasteiger partial charge in [0.2, 0.25) is 0 Å². The maximum atomic E-state index is 6.18. The Morgan fingerprint density at radius 2 is 2.00 bits per heavy atom. The summed E-state index contributed by atoms with van der Waals surface area (Å²) in [6.07, 6.45) is 1.93. The number of rotatable bonds is 5. The van der Waals surface area contributed by atoms with Crippen molar-refractivity contribution >= 4 is 0 Å². The fourth-order valence-corrected chi connectivity index (χ4v) is 3.24. The van der Waals surface area contributed by atoms with Gasteiger partial charge >= 0.3 is 0 Å². The second kappa shape index (κ2) is 6.50. The molecule has 0 bridgehead atoms. The minimum atomic E-state index is 0.159. The van der Waals surface area contributed by atoms with E-state index in [9.17, 15) is 0 Å². The van der Waals surface area contributed by atoms with Crippen LogP contribution in [0.5, 0.6) is 17.2 Å². The number of fused-ring (bicyclic) bond motifs is 1. The third kappa shape index (κ3) is 2.86. The first-order valence-corrected chi connectivity index (χ1v) is 7.89. The van der Waals surface area contributed by atoms with Gasteiger partial charge in [0.15, 0.2) is 11.5 Å². The first-order chi connectivity index (χ1) is 11.2. The Bertz CT molecular complexity index is 712. The minimum Gasteiger partial charge on any atom is -0.493 e. The number of benzene rings is 2.